The average Bonchev–Trinajstić information content (AvgIpc) is 3.28. The molecule has 1 fully saturated rings. The monoisotopic (exact) mass is 461 g/mol. The molecule has 34 heavy (non-hydrogen) atoms. The Morgan fingerprint density at radius 2 is 1.82 bits per heavy atom. The summed E-state index contributed by atoms with van der Waals surface area (Å²) in [5.41, 5.74) is 8.34. The van der Waals surface area contributed by atoms with Gasteiger partial charge in [0.1, 0.15) is 5.82 Å². The van der Waals surface area contributed by atoms with Crippen molar-refractivity contribution in [3.05, 3.63) is 92.1 Å². The smallest absolute Gasteiger partial charge is 0.330 e. The zero-order valence-corrected chi connectivity index (χ0v) is 19.7. The molecule has 2 heterocycles. The minimum Gasteiger partial charge on any atom is -0.383 e. The molecule has 1 amide bonds. The predicted octanol–water partition coefficient (Wildman–Crippen LogP) is 2.67. The van der Waals surface area contributed by atoms with Crippen LogP contribution in [0.2, 0.25) is 0 Å². The topological polar surface area (TPSA) is 104 Å². The minimum atomic E-state index is -0.654. The molecule has 0 aliphatic carbocycles. The Morgan fingerprint density at radius 1 is 1.12 bits per heavy atom. The molecule has 2 aromatic carbocycles. The first kappa shape index (κ1) is 23.5. The van der Waals surface area contributed by atoms with Crippen LogP contribution >= 0.6 is 0 Å². The van der Waals surface area contributed by atoms with Crippen molar-refractivity contribution in [1.29, 1.82) is 0 Å². The number of nitrogens with two attached hydrogens (primary N) is 1. The second kappa shape index (κ2) is 10.1. The number of likely N-dealkylation sites (N-methyl/N-ethyl adjacent to an activating group) is 1. The molecule has 178 valence electrons. The maximum atomic E-state index is 13.4. The molecule has 1 aliphatic heterocycles. The Morgan fingerprint density at radius 3 is 2.50 bits per heavy atom. The maximum absolute atomic E-state index is 13.4. The van der Waals surface area contributed by atoms with Crippen molar-refractivity contribution in [3.8, 4) is 0 Å². The van der Waals surface area contributed by atoms with Crippen LogP contribution in [0.3, 0.4) is 0 Å². The Kier molecular flexibility index (Phi) is 6.98. The Bertz CT molecular complexity index is 1260. The lowest BCUT2D eigenvalue weighted by Gasteiger charge is -2.28. The molecule has 0 saturated carbocycles. The van der Waals surface area contributed by atoms with E-state index in [-0.39, 0.29) is 43.1 Å². The summed E-state index contributed by atoms with van der Waals surface area (Å²) in [7, 11) is 0. The van der Waals surface area contributed by atoms with Gasteiger partial charge in [0.15, 0.2) is 5.69 Å². The van der Waals surface area contributed by atoms with E-state index in [1.54, 1.807) is 6.92 Å². The number of hydrogen-bond donors (Lipinski definition) is 2. The first-order valence-electron chi connectivity index (χ1n) is 11.7. The molecule has 1 atom stereocenters. The first-order chi connectivity index (χ1) is 16.4. The molecule has 1 aromatic heterocycles. The van der Waals surface area contributed by atoms with Gasteiger partial charge >= 0.3 is 5.69 Å². The number of carbonyl (C=O) groups excluding carboxylic acids is 1. The number of nitrogens with zero attached hydrogens (tertiary/aromatic N) is 3. The van der Waals surface area contributed by atoms with Crippen LogP contribution in [0.1, 0.15) is 42.5 Å². The molecule has 1 unspecified atom stereocenters. The van der Waals surface area contributed by atoms with E-state index in [0.29, 0.717) is 0 Å². The number of nitrogen functional groups attached to an aromatic ring is 1. The van der Waals surface area contributed by atoms with Crippen LogP contribution in [0.25, 0.3) is 0 Å². The Hall–Kier alpha value is -3.65. The number of aromatic amines is 1. The van der Waals surface area contributed by atoms with Gasteiger partial charge in [-0.15, -0.1) is 0 Å². The number of aryl methyl sites for hydroxylation is 1. The third kappa shape index (κ3) is 4.82. The predicted molar refractivity (Wildman–Crippen MR) is 134 cm³/mol. The summed E-state index contributed by atoms with van der Waals surface area (Å²) in [6, 6.07) is 17.9. The van der Waals surface area contributed by atoms with E-state index in [1.165, 1.54) is 20.6 Å². The molecule has 1 saturated heterocycles. The highest BCUT2D eigenvalue weighted by Gasteiger charge is 2.30. The van der Waals surface area contributed by atoms with Crippen molar-refractivity contribution >= 4 is 17.4 Å². The molecule has 0 spiro atoms. The van der Waals surface area contributed by atoms with Gasteiger partial charge in [-0.25, -0.2) is 4.79 Å². The summed E-state index contributed by atoms with van der Waals surface area (Å²) in [5.74, 6) is -0.229. The average molecular weight is 462 g/mol. The van der Waals surface area contributed by atoms with E-state index in [4.69, 9.17) is 5.73 Å². The second-order valence-corrected chi connectivity index (χ2v) is 8.74. The third-order valence-electron chi connectivity index (χ3n) is 6.45. The highest BCUT2D eigenvalue weighted by atomic mass is 16.2. The summed E-state index contributed by atoms with van der Waals surface area (Å²) >= 11 is 0. The lowest BCUT2D eigenvalue weighted by Crippen LogP contribution is -2.45. The largest absolute Gasteiger partial charge is 0.383 e. The van der Waals surface area contributed by atoms with Gasteiger partial charge in [0.2, 0.25) is 5.91 Å². The number of anilines is 2. The zero-order valence-electron chi connectivity index (χ0n) is 19.7. The van der Waals surface area contributed by atoms with Crippen LogP contribution in [0.4, 0.5) is 11.5 Å². The van der Waals surface area contributed by atoms with E-state index in [2.05, 4.69) is 41.1 Å². The lowest BCUT2D eigenvalue weighted by molar-refractivity contribution is -0.120. The van der Waals surface area contributed by atoms with E-state index >= 15 is 0 Å². The number of hydrogen-bond acceptors (Lipinski definition) is 5. The number of carbonyl (C=O) groups is 1. The van der Waals surface area contributed by atoms with Crippen LogP contribution < -0.4 is 21.9 Å². The number of aromatic nitrogens is 2. The van der Waals surface area contributed by atoms with Crippen molar-refractivity contribution < 1.29 is 4.79 Å². The summed E-state index contributed by atoms with van der Waals surface area (Å²) < 4.78 is 1.30. The van der Waals surface area contributed by atoms with Crippen LogP contribution in [0.15, 0.2) is 64.2 Å². The fourth-order valence-corrected chi connectivity index (χ4v) is 4.66. The number of likely N-dealkylation sites (tertiary alicyclic amines) is 1. The van der Waals surface area contributed by atoms with Crippen molar-refractivity contribution in [3.63, 3.8) is 0 Å². The molecular weight excluding hydrogens is 430 g/mol. The van der Waals surface area contributed by atoms with Crippen LogP contribution in [-0.4, -0.2) is 40.0 Å². The van der Waals surface area contributed by atoms with Gasteiger partial charge in [0.25, 0.3) is 5.56 Å². The fourth-order valence-electron chi connectivity index (χ4n) is 4.66. The number of amides is 1. The molecule has 8 nitrogen and oxygen atoms in total. The van der Waals surface area contributed by atoms with E-state index < -0.39 is 11.2 Å². The number of H-pyrrole nitrogens is 1. The van der Waals surface area contributed by atoms with Crippen molar-refractivity contribution in [1.82, 2.24) is 14.5 Å². The molecule has 3 N–H and O–H groups in total. The molecule has 4 rings (SSSR count). The standard InChI is InChI=1S/C26H31N5O3/c1-3-30(22(32)17-29-15-7-10-21(29)20-13-11-18(2)12-14-20)23-24(27)31(26(34)28-25(23)33)16-19-8-5-4-6-9-19/h4-6,8-9,11-14,21H,3,7,10,15-17,27H2,1-2H3,(H,28,33,34). The number of rotatable bonds is 7. The highest BCUT2D eigenvalue weighted by molar-refractivity contribution is 5.96. The van der Waals surface area contributed by atoms with Crippen LogP contribution in [0.5, 0.6) is 0 Å². The quantitative estimate of drug-likeness (QED) is 0.563. The van der Waals surface area contributed by atoms with Gasteiger partial charge in [-0.2, -0.15) is 0 Å². The van der Waals surface area contributed by atoms with Gasteiger partial charge in [0.05, 0.1) is 13.1 Å². The van der Waals surface area contributed by atoms with Crippen LogP contribution in [0, 0.1) is 6.92 Å². The van der Waals surface area contributed by atoms with Gasteiger partial charge in [-0.05, 0) is 44.4 Å². The lowest BCUT2D eigenvalue weighted by atomic mass is 10.0. The van der Waals surface area contributed by atoms with Gasteiger partial charge in [0, 0.05) is 12.6 Å². The van der Waals surface area contributed by atoms with Crippen molar-refractivity contribution in [2.45, 2.75) is 39.3 Å². The third-order valence-corrected chi connectivity index (χ3v) is 6.45. The molecular formula is C26H31N5O3. The molecule has 8 heteroatoms. The summed E-state index contributed by atoms with van der Waals surface area (Å²) in [6.07, 6.45) is 1.98. The van der Waals surface area contributed by atoms with Gasteiger partial charge in [-0.3, -0.25) is 24.0 Å². The first-order valence-corrected chi connectivity index (χ1v) is 11.7. The van der Waals surface area contributed by atoms with Crippen molar-refractivity contribution in [2.75, 3.05) is 30.3 Å². The van der Waals surface area contributed by atoms with Gasteiger partial charge < -0.3 is 10.6 Å². The van der Waals surface area contributed by atoms with E-state index in [9.17, 15) is 14.4 Å². The maximum Gasteiger partial charge on any atom is 0.330 e. The second-order valence-electron chi connectivity index (χ2n) is 8.74. The number of nitrogens with one attached hydrogen (secondary N) is 1. The Balaban J connectivity index is 1.60. The molecule has 0 bridgehead atoms. The SMILES string of the molecule is CCN(C(=O)CN1CCCC1c1ccc(C)cc1)c1c(N)n(Cc2ccccc2)c(=O)[nH]c1=O. The highest BCUT2D eigenvalue weighted by Crippen LogP contribution is 2.32. The summed E-state index contributed by atoms with van der Waals surface area (Å²) in [4.78, 5) is 44.6. The minimum absolute atomic E-state index is 0.00990. The summed E-state index contributed by atoms with van der Waals surface area (Å²) in [6.45, 7) is 5.29. The molecule has 3 aromatic rings. The molecule has 1 aliphatic rings. The van der Waals surface area contributed by atoms with E-state index in [0.717, 1.165) is 24.9 Å². The summed E-state index contributed by atoms with van der Waals surface area (Å²) in [5, 5.41) is 0. The Labute approximate surface area is 198 Å². The molecule has 0 radical (unpaired) electrons. The van der Waals surface area contributed by atoms with Crippen molar-refractivity contribution in [2.24, 2.45) is 0 Å². The fraction of sp³-hybridized carbons (Fsp3) is 0.346. The van der Waals surface area contributed by atoms with Gasteiger partial charge in [-0.1, -0.05) is 60.2 Å². The normalized spacial score (nSPS) is 16.0. The van der Waals surface area contributed by atoms with E-state index in [1.807, 2.05) is 30.3 Å². The number of benzene rings is 2. The van der Waals surface area contributed by atoms with Crippen LogP contribution in [-0.2, 0) is 11.3 Å². The zero-order chi connectivity index (χ0) is 24.2.